The third-order valence-corrected chi connectivity index (χ3v) is 8.28. The van der Waals surface area contributed by atoms with Gasteiger partial charge in [-0.1, -0.05) is 39.8 Å². The Balaban J connectivity index is 1.43. The molecule has 0 spiro atoms. The number of halogens is 2. The second-order valence-corrected chi connectivity index (χ2v) is 11.0. The third kappa shape index (κ3) is 5.24. The summed E-state index contributed by atoms with van der Waals surface area (Å²) in [6.45, 7) is 0. The number of hydrazone groups is 1. The molecule has 2 heterocycles. The number of thiophene rings is 1. The van der Waals surface area contributed by atoms with Crippen molar-refractivity contribution in [2.24, 2.45) is 5.10 Å². The summed E-state index contributed by atoms with van der Waals surface area (Å²) < 4.78 is 15.8. The summed E-state index contributed by atoms with van der Waals surface area (Å²) in [5, 5.41) is 5.05. The van der Waals surface area contributed by atoms with Crippen molar-refractivity contribution in [2.75, 3.05) is 5.75 Å². The molecule has 0 radical (unpaired) electrons. The molecular formula is C25H20BrFN4O2S2. The van der Waals surface area contributed by atoms with Gasteiger partial charge in [-0.15, -0.1) is 11.3 Å². The molecule has 0 atom stereocenters. The molecule has 0 aliphatic heterocycles. The zero-order chi connectivity index (χ0) is 24.4. The van der Waals surface area contributed by atoms with Crippen molar-refractivity contribution in [3.8, 4) is 5.69 Å². The lowest BCUT2D eigenvalue weighted by atomic mass is 9.97. The number of aryl methyl sites for hydroxylation is 2. The van der Waals surface area contributed by atoms with E-state index in [1.807, 2.05) is 24.3 Å². The van der Waals surface area contributed by atoms with Gasteiger partial charge in [0.05, 0.1) is 23.0 Å². The fourth-order valence-electron chi connectivity index (χ4n) is 4.03. The maximum Gasteiger partial charge on any atom is 0.267 e. The fraction of sp³-hybridized carbons (Fsp3) is 0.200. The summed E-state index contributed by atoms with van der Waals surface area (Å²) in [6, 6.07) is 13.4. The number of hydrogen-bond acceptors (Lipinski definition) is 6. The molecule has 4 aromatic rings. The van der Waals surface area contributed by atoms with Crippen LogP contribution in [0.3, 0.4) is 0 Å². The molecule has 0 saturated carbocycles. The number of fused-ring (bicyclic) bond motifs is 3. The summed E-state index contributed by atoms with van der Waals surface area (Å²) in [5.74, 6) is -0.719. The van der Waals surface area contributed by atoms with Crippen molar-refractivity contribution < 1.29 is 9.18 Å². The molecule has 6 nitrogen and oxygen atoms in total. The molecule has 35 heavy (non-hydrogen) atoms. The van der Waals surface area contributed by atoms with E-state index in [9.17, 15) is 14.0 Å². The van der Waals surface area contributed by atoms with Gasteiger partial charge in [0, 0.05) is 9.35 Å². The van der Waals surface area contributed by atoms with Crippen molar-refractivity contribution in [1.82, 2.24) is 15.0 Å². The number of hydrogen-bond donors (Lipinski definition) is 1. The Morgan fingerprint density at radius 3 is 2.83 bits per heavy atom. The first-order valence-corrected chi connectivity index (χ1v) is 13.6. The molecule has 1 aliphatic carbocycles. The summed E-state index contributed by atoms with van der Waals surface area (Å²) in [7, 11) is 0. The molecule has 2 aromatic heterocycles. The van der Waals surface area contributed by atoms with Gasteiger partial charge >= 0.3 is 0 Å². The molecule has 0 unspecified atom stereocenters. The van der Waals surface area contributed by atoms with Crippen molar-refractivity contribution in [2.45, 2.75) is 30.8 Å². The van der Waals surface area contributed by atoms with Gasteiger partial charge in [-0.05, 0) is 73.2 Å². The van der Waals surface area contributed by atoms with Gasteiger partial charge < -0.3 is 0 Å². The van der Waals surface area contributed by atoms with Crippen LogP contribution in [0.5, 0.6) is 0 Å². The number of carbonyl (C=O) groups excluding carboxylic acids is 1. The highest BCUT2D eigenvalue weighted by atomic mass is 79.9. The Morgan fingerprint density at radius 2 is 2.03 bits per heavy atom. The number of nitrogens with one attached hydrogen (secondary N) is 1. The average Bonchev–Trinajstić information content (AvgIpc) is 3.22. The Labute approximate surface area is 217 Å². The quantitative estimate of drug-likeness (QED) is 0.144. The van der Waals surface area contributed by atoms with E-state index in [4.69, 9.17) is 4.98 Å². The van der Waals surface area contributed by atoms with Crippen LogP contribution < -0.4 is 11.0 Å². The minimum atomic E-state index is -0.376. The summed E-state index contributed by atoms with van der Waals surface area (Å²) >= 11 is 6.20. The van der Waals surface area contributed by atoms with Crippen LogP contribution in [0.4, 0.5) is 4.39 Å². The van der Waals surface area contributed by atoms with E-state index < -0.39 is 0 Å². The Kier molecular flexibility index (Phi) is 7.12. The molecule has 10 heteroatoms. The van der Waals surface area contributed by atoms with Crippen LogP contribution in [0.2, 0.25) is 0 Å². The van der Waals surface area contributed by atoms with Crippen molar-refractivity contribution in [3.05, 3.63) is 85.2 Å². The van der Waals surface area contributed by atoms with Crippen molar-refractivity contribution >= 4 is 61.4 Å². The van der Waals surface area contributed by atoms with Gasteiger partial charge in [0.25, 0.3) is 11.5 Å². The SMILES string of the molecule is O=C(CSc1nc2sc3c(c2c(=O)n1-c1ccc(Br)cc1)CCCC3)NN=Cc1cccc(F)c1. The zero-order valence-electron chi connectivity index (χ0n) is 18.5. The van der Waals surface area contributed by atoms with Crippen molar-refractivity contribution in [1.29, 1.82) is 0 Å². The molecule has 0 bridgehead atoms. The smallest absolute Gasteiger partial charge is 0.267 e. The predicted octanol–water partition coefficient (Wildman–Crippen LogP) is 5.47. The Hall–Kier alpha value is -2.82. The minimum Gasteiger partial charge on any atom is -0.272 e. The average molecular weight is 571 g/mol. The highest BCUT2D eigenvalue weighted by Gasteiger charge is 2.23. The lowest BCUT2D eigenvalue weighted by Gasteiger charge is -2.13. The van der Waals surface area contributed by atoms with Crippen LogP contribution in [-0.2, 0) is 17.6 Å². The maximum atomic E-state index is 13.7. The number of rotatable bonds is 6. The van der Waals surface area contributed by atoms with Crippen LogP contribution in [0.15, 0.2) is 68.1 Å². The molecule has 2 aromatic carbocycles. The number of amides is 1. The molecule has 1 amide bonds. The second kappa shape index (κ2) is 10.4. The van der Waals surface area contributed by atoms with Crippen LogP contribution in [0, 0.1) is 5.82 Å². The van der Waals surface area contributed by atoms with E-state index >= 15 is 0 Å². The van der Waals surface area contributed by atoms with Gasteiger partial charge in [-0.3, -0.25) is 14.2 Å². The fourth-order valence-corrected chi connectivity index (χ4v) is 6.40. The van der Waals surface area contributed by atoms with Crippen LogP contribution in [0.1, 0.15) is 28.8 Å². The first-order valence-electron chi connectivity index (χ1n) is 11.0. The number of nitrogens with zero attached hydrogens (tertiary/aromatic N) is 3. The molecule has 178 valence electrons. The molecule has 1 aliphatic rings. The number of carbonyl (C=O) groups is 1. The third-order valence-electron chi connectivity index (χ3n) is 5.63. The van der Waals surface area contributed by atoms with E-state index in [1.54, 1.807) is 28.0 Å². The van der Waals surface area contributed by atoms with Crippen LogP contribution >= 0.6 is 39.0 Å². The molecular weight excluding hydrogens is 551 g/mol. The first-order chi connectivity index (χ1) is 17.0. The highest BCUT2D eigenvalue weighted by Crippen LogP contribution is 2.35. The Morgan fingerprint density at radius 1 is 1.23 bits per heavy atom. The van der Waals surface area contributed by atoms with Gasteiger partial charge in [0.15, 0.2) is 5.16 Å². The normalized spacial score (nSPS) is 13.3. The molecule has 1 N–H and O–H groups in total. The van der Waals surface area contributed by atoms with Gasteiger partial charge in [-0.25, -0.2) is 14.8 Å². The molecule has 5 rings (SSSR count). The van der Waals surface area contributed by atoms with E-state index in [-0.39, 0.29) is 23.0 Å². The van der Waals surface area contributed by atoms with E-state index in [0.29, 0.717) is 21.8 Å². The summed E-state index contributed by atoms with van der Waals surface area (Å²) in [4.78, 5) is 32.9. The van der Waals surface area contributed by atoms with Crippen LogP contribution in [-0.4, -0.2) is 27.4 Å². The molecule has 0 saturated heterocycles. The van der Waals surface area contributed by atoms with E-state index in [1.165, 1.54) is 35.0 Å². The van der Waals surface area contributed by atoms with E-state index in [0.717, 1.165) is 40.5 Å². The number of thioether (sulfide) groups is 1. The van der Waals surface area contributed by atoms with Crippen molar-refractivity contribution in [3.63, 3.8) is 0 Å². The topological polar surface area (TPSA) is 76.3 Å². The summed E-state index contributed by atoms with van der Waals surface area (Å²) in [5.41, 5.74) is 4.69. The highest BCUT2D eigenvalue weighted by molar-refractivity contribution is 9.10. The standard InChI is InChI=1S/C25H20BrFN4O2S2/c26-16-8-10-18(11-9-16)31-24(33)22-19-6-1-2-7-20(19)35-23(22)29-25(31)34-14-21(32)30-28-13-15-4-3-5-17(27)12-15/h3-5,8-13H,1-2,6-7,14H2,(H,30,32). The number of aromatic nitrogens is 2. The maximum absolute atomic E-state index is 13.7. The van der Waals surface area contributed by atoms with E-state index in [2.05, 4.69) is 26.5 Å². The summed E-state index contributed by atoms with van der Waals surface area (Å²) in [6.07, 6.45) is 5.44. The van der Waals surface area contributed by atoms with Gasteiger partial charge in [0.1, 0.15) is 10.6 Å². The van der Waals surface area contributed by atoms with Crippen LogP contribution in [0.25, 0.3) is 15.9 Å². The van der Waals surface area contributed by atoms with Gasteiger partial charge in [-0.2, -0.15) is 5.10 Å². The van der Waals surface area contributed by atoms with Gasteiger partial charge in [0.2, 0.25) is 0 Å². The minimum absolute atomic E-state index is 0.0139. The number of benzene rings is 2. The molecule has 0 fully saturated rings. The lowest BCUT2D eigenvalue weighted by molar-refractivity contribution is -0.118. The Bertz CT molecular complexity index is 1500. The first kappa shape index (κ1) is 23.9. The zero-order valence-corrected chi connectivity index (χ0v) is 21.7. The monoisotopic (exact) mass is 570 g/mol. The largest absolute Gasteiger partial charge is 0.272 e. The lowest BCUT2D eigenvalue weighted by Crippen LogP contribution is -2.24. The second-order valence-electron chi connectivity index (χ2n) is 8.04. The predicted molar refractivity (Wildman–Crippen MR) is 142 cm³/mol.